The molecule has 108 valence electrons. The van der Waals surface area contributed by atoms with Crippen LogP contribution in [0.3, 0.4) is 0 Å². The number of aromatic nitrogens is 4. The van der Waals surface area contributed by atoms with Crippen molar-refractivity contribution < 1.29 is 9.47 Å². The Morgan fingerprint density at radius 1 is 1.55 bits per heavy atom. The van der Waals surface area contributed by atoms with Gasteiger partial charge in [0.05, 0.1) is 19.3 Å². The SMILES string of the molecule is Cc1cc(NCCOCC2CCCO2)n2ncnc2n1. The summed E-state index contributed by atoms with van der Waals surface area (Å²) >= 11 is 0. The van der Waals surface area contributed by atoms with E-state index in [2.05, 4.69) is 20.4 Å². The van der Waals surface area contributed by atoms with E-state index in [1.807, 2.05) is 13.0 Å². The highest BCUT2D eigenvalue weighted by atomic mass is 16.5. The van der Waals surface area contributed by atoms with Gasteiger partial charge < -0.3 is 14.8 Å². The molecule has 1 aliphatic heterocycles. The molecule has 0 radical (unpaired) electrons. The Kier molecular flexibility index (Phi) is 4.08. The van der Waals surface area contributed by atoms with Gasteiger partial charge in [-0.15, -0.1) is 0 Å². The third-order valence-electron chi connectivity index (χ3n) is 3.26. The first-order chi connectivity index (χ1) is 9.83. The maximum Gasteiger partial charge on any atom is 0.254 e. The van der Waals surface area contributed by atoms with Crippen molar-refractivity contribution in [3.63, 3.8) is 0 Å². The van der Waals surface area contributed by atoms with Gasteiger partial charge >= 0.3 is 0 Å². The van der Waals surface area contributed by atoms with E-state index in [1.54, 1.807) is 4.52 Å². The molecule has 1 N–H and O–H groups in total. The zero-order chi connectivity index (χ0) is 13.8. The smallest absolute Gasteiger partial charge is 0.254 e. The van der Waals surface area contributed by atoms with Crippen molar-refractivity contribution in [2.24, 2.45) is 0 Å². The summed E-state index contributed by atoms with van der Waals surface area (Å²) in [4.78, 5) is 8.38. The van der Waals surface area contributed by atoms with Crippen LogP contribution in [0.2, 0.25) is 0 Å². The van der Waals surface area contributed by atoms with Crippen LogP contribution in [-0.4, -0.2) is 52.1 Å². The van der Waals surface area contributed by atoms with Crippen molar-refractivity contribution in [3.05, 3.63) is 18.1 Å². The number of hydrogen-bond acceptors (Lipinski definition) is 6. The molecular weight excluding hydrogens is 258 g/mol. The number of anilines is 1. The zero-order valence-electron chi connectivity index (χ0n) is 11.6. The molecule has 20 heavy (non-hydrogen) atoms. The van der Waals surface area contributed by atoms with Crippen LogP contribution >= 0.6 is 0 Å². The molecule has 1 atom stereocenters. The standard InChI is InChI=1S/C13H19N5O2/c1-10-7-12(18-13(17-10)15-9-16-18)14-4-6-19-8-11-3-2-5-20-11/h7,9,11,14H,2-6,8H2,1H3. The first kappa shape index (κ1) is 13.3. The quantitative estimate of drug-likeness (QED) is 0.795. The second-order valence-corrected chi connectivity index (χ2v) is 4.89. The van der Waals surface area contributed by atoms with Gasteiger partial charge in [-0.05, 0) is 19.8 Å². The topological polar surface area (TPSA) is 73.6 Å². The molecule has 0 saturated carbocycles. The van der Waals surface area contributed by atoms with Gasteiger partial charge in [0.2, 0.25) is 0 Å². The lowest BCUT2D eigenvalue weighted by Crippen LogP contribution is -2.18. The molecule has 2 aromatic rings. The average Bonchev–Trinajstić information content (AvgIpc) is 3.08. The molecular formula is C13H19N5O2. The molecule has 7 nitrogen and oxygen atoms in total. The van der Waals surface area contributed by atoms with E-state index < -0.39 is 0 Å². The Labute approximate surface area is 117 Å². The summed E-state index contributed by atoms with van der Waals surface area (Å²) in [5, 5.41) is 7.44. The molecule has 2 aromatic heterocycles. The van der Waals surface area contributed by atoms with Crippen molar-refractivity contribution in [3.8, 4) is 0 Å². The molecule has 0 amide bonds. The van der Waals surface area contributed by atoms with Gasteiger partial charge in [-0.3, -0.25) is 0 Å². The van der Waals surface area contributed by atoms with Crippen LogP contribution in [-0.2, 0) is 9.47 Å². The Morgan fingerprint density at radius 3 is 3.35 bits per heavy atom. The predicted octanol–water partition coefficient (Wildman–Crippen LogP) is 1.04. The van der Waals surface area contributed by atoms with Gasteiger partial charge in [-0.2, -0.15) is 14.6 Å². The Balaban J connectivity index is 1.48. The Bertz CT molecular complexity index is 565. The minimum absolute atomic E-state index is 0.278. The lowest BCUT2D eigenvalue weighted by atomic mass is 10.2. The molecule has 1 aliphatic rings. The van der Waals surface area contributed by atoms with Crippen molar-refractivity contribution in [2.45, 2.75) is 25.9 Å². The van der Waals surface area contributed by atoms with Gasteiger partial charge in [0, 0.05) is 24.9 Å². The van der Waals surface area contributed by atoms with Crippen LogP contribution in [0.25, 0.3) is 5.78 Å². The van der Waals surface area contributed by atoms with Crippen molar-refractivity contribution in [1.82, 2.24) is 19.6 Å². The van der Waals surface area contributed by atoms with Crippen molar-refractivity contribution in [1.29, 1.82) is 0 Å². The highest BCUT2D eigenvalue weighted by Crippen LogP contribution is 2.12. The van der Waals surface area contributed by atoms with E-state index in [9.17, 15) is 0 Å². The summed E-state index contributed by atoms with van der Waals surface area (Å²) in [5.41, 5.74) is 0.910. The normalized spacial score (nSPS) is 18.8. The molecule has 0 aliphatic carbocycles. The number of ether oxygens (including phenoxy) is 2. The first-order valence-electron chi connectivity index (χ1n) is 6.93. The molecule has 0 spiro atoms. The molecule has 1 unspecified atom stereocenters. The number of nitrogens with zero attached hydrogens (tertiary/aromatic N) is 4. The maximum atomic E-state index is 5.61. The van der Waals surface area contributed by atoms with Crippen LogP contribution in [0.4, 0.5) is 5.82 Å². The number of nitrogens with one attached hydrogen (secondary N) is 1. The average molecular weight is 277 g/mol. The summed E-state index contributed by atoms with van der Waals surface area (Å²) in [5.74, 6) is 1.48. The molecule has 1 saturated heterocycles. The summed E-state index contributed by atoms with van der Waals surface area (Å²) in [7, 11) is 0. The van der Waals surface area contributed by atoms with Crippen LogP contribution < -0.4 is 5.32 Å². The molecule has 1 fully saturated rings. The van der Waals surface area contributed by atoms with Gasteiger partial charge in [0.1, 0.15) is 12.1 Å². The summed E-state index contributed by atoms with van der Waals surface area (Å²) in [6.45, 7) is 4.83. The first-order valence-corrected chi connectivity index (χ1v) is 6.93. The monoisotopic (exact) mass is 277 g/mol. The summed E-state index contributed by atoms with van der Waals surface area (Å²) in [6, 6.07) is 1.95. The van der Waals surface area contributed by atoms with E-state index in [-0.39, 0.29) is 6.10 Å². The summed E-state index contributed by atoms with van der Waals surface area (Å²) in [6.07, 6.45) is 4.03. The summed E-state index contributed by atoms with van der Waals surface area (Å²) < 4.78 is 12.8. The van der Waals surface area contributed by atoms with Crippen LogP contribution in [0.15, 0.2) is 12.4 Å². The number of rotatable bonds is 6. The van der Waals surface area contributed by atoms with E-state index in [0.29, 0.717) is 25.5 Å². The van der Waals surface area contributed by atoms with E-state index in [4.69, 9.17) is 9.47 Å². The van der Waals surface area contributed by atoms with E-state index in [0.717, 1.165) is 31.0 Å². The van der Waals surface area contributed by atoms with Gasteiger partial charge in [-0.25, -0.2) is 4.98 Å². The van der Waals surface area contributed by atoms with Crippen molar-refractivity contribution in [2.75, 3.05) is 31.7 Å². The van der Waals surface area contributed by atoms with Crippen LogP contribution in [0.1, 0.15) is 18.5 Å². The molecule has 7 heteroatoms. The number of hydrogen-bond donors (Lipinski definition) is 1. The second-order valence-electron chi connectivity index (χ2n) is 4.89. The Hall–Kier alpha value is -1.73. The number of aryl methyl sites for hydroxylation is 1. The molecule has 3 rings (SSSR count). The van der Waals surface area contributed by atoms with E-state index in [1.165, 1.54) is 6.33 Å². The highest BCUT2D eigenvalue weighted by Gasteiger charge is 2.15. The minimum atomic E-state index is 0.278. The lowest BCUT2D eigenvalue weighted by Gasteiger charge is -2.11. The van der Waals surface area contributed by atoms with Crippen LogP contribution in [0.5, 0.6) is 0 Å². The minimum Gasteiger partial charge on any atom is -0.377 e. The van der Waals surface area contributed by atoms with Gasteiger partial charge in [0.25, 0.3) is 5.78 Å². The van der Waals surface area contributed by atoms with E-state index >= 15 is 0 Å². The van der Waals surface area contributed by atoms with Gasteiger partial charge in [0.15, 0.2) is 0 Å². The highest BCUT2D eigenvalue weighted by molar-refractivity contribution is 5.44. The number of fused-ring (bicyclic) bond motifs is 1. The second kappa shape index (κ2) is 6.15. The third-order valence-corrected chi connectivity index (χ3v) is 3.26. The third kappa shape index (κ3) is 3.05. The van der Waals surface area contributed by atoms with Gasteiger partial charge in [-0.1, -0.05) is 0 Å². The predicted molar refractivity (Wildman–Crippen MR) is 73.8 cm³/mol. The van der Waals surface area contributed by atoms with Crippen molar-refractivity contribution >= 4 is 11.6 Å². The molecule has 0 bridgehead atoms. The lowest BCUT2D eigenvalue weighted by molar-refractivity contribution is 0.0206. The zero-order valence-corrected chi connectivity index (χ0v) is 11.6. The fraction of sp³-hybridized carbons (Fsp3) is 0.615. The largest absolute Gasteiger partial charge is 0.377 e. The molecule has 3 heterocycles. The fourth-order valence-electron chi connectivity index (χ4n) is 2.30. The Morgan fingerprint density at radius 2 is 2.50 bits per heavy atom. The fourth-order valence-corrected chi connectivity index (χ4v) is 2.30. The molecule has 0 aromatic carbocycles. The maximum absolute atomic E-state index is 5.61. The van der Waals surface area contributed by atoms with Crippen LogP contribution in [0, 0.1) is 6.92 Å².